The zero-order chi connectivity index (χ0) is 17.1. The SMILES string of the molecule is CCc1nc(N)nc(N)c1OCc1cc(-c2ccc(F)cc2)no1. The van der Waals surface area contributed by atoms with E-state index in [9.17, 15) is 4.39 Å². The average Bonchev–Trinajstić information content (AvgIpc) is 3.03. The van der Waals surface area contributed by atoms with E-state index in [1.165, 1.54) is 12.1 Å². The van der Waals surface area contributed by atoms with E-state index < -0.39 is 0 Å². The van der Waals surface area contributed by atoms with Crippen molar-refractivity contribution in [3.8, 4) is 17.0 Å². The van der Waals surface area contributed by atoms with E-state index >= 15 is 0 Å². The lowest BCUT2D eigenvalue weighted by molar-refractivity contribution is 0.247. The standard InChI is InChI=1S/C16H16FN5O2/c1-2-12-14(15(18)21-16(19)20-12)23-8-11-7-13(22-24-11)9-3-5-10(17)6-4-9/h3-7H,2,8H2,1H3,(H4,18,19,20,21). The normalized spacial score (nSPS) is 10.8. The van der Waals surface area contributed by atoms with E-state index in [1.807, 2.05) is 6.92 Å². The van der Waals surface area contributed by atoms with Crippen molar-refractivity contribution in [3.63, 3.8) is 0 Å². The molecular formula is C16H16FN5O2. The maximum absolute atomic E-state index is 13.0. The molecular weight excluding hydrogens is 313 g/mol. The van der Waals surface area contributed by atoms with E-state index in [0.29, 0.717) is 29.3 Å². The first kappa shape index (κ1) is 15.7. The Bertz CT molecular complexity index is 848. The summed E-state index contributed by atoms with van der Waals surface area (Å²) < 4.78 is 23.9. The summed E-state index contributed by atoms with van der Waals surface area (Å²) in [5.41, 5.74) is 13.4. The molecule has 0 bridgehead atoms. The molecule has 0 aliphatic carbocycles. The van der Waals surface area contributed by atoms with Crippen LogP contribution in [0.25, 0.3) is 11.3 Å². The molecule has 0 aliphatic rings. The molecule has 0 radical (unpaired) electrons. The number of rotatable bonds is 5. The monoisotopic (exact) mass is 329 g/mol. The highest BCUT2D eigenvalue weighted by molar-refractivity contribution is 5.58. The fraction of sp³-hybridized carbons (Fsp3) is 0.188. The first-order valence-corrected chi connectivity index (χ1v) is 7.33. The summed E-state index contributed by atoms with van der Waals surface area (Å²) in [4.78, 5) is 8.00. The van der Waals surface area contributed by atoms with E-state index in [1.54, 1.807) is 18.2 Å². The molecule has 0 atom stereocenters. The average molecular weight is 329 g/mol. The minimum absolute atomic E-state index is 0.106. The number of aryl methyl sites for hydroxylation is 1. The van der Waals surface area contributed by atoms with Crippen LogP contribution in [0, 0.1) is 5.82 Å². The van der Waals surface area contributed by atoms with Crippen molar-refractivity contribution in [2.24, 2.45) is 0 Å². The van der Waals surface area contributed by atoms with Gasteiger partial charge in [0.05, 0.1) is 5.69 Å². The molecule has 0 amide bonds. The molecule has 2 aromatic heterocycles. The number of nitrogen functional groups attached to an aromatic ring is 2. The molecule has 4 N–H and O–H groups in total. The Morgan fingerprint density at radius 3 is 2.62 bits per heavy atom. The summed E-state index contributed by atoms with van der Waals surface area (Å²) in [6.07, 6.45) is 0.601. The van der Waals surface area contributed by atoms with Gasteiger partial charge >= 0.3 is 0 Å². The van der Waals surface area contributed by atoms with Crippen LogP contribution in [-0.2, 0) is 13.0 Å². The molecule has 24 heavy (non-hydrogen) atoms. The second-order valence-corrected chi connectivity index (χ2v) is 5.07. The van der Waals surface area contributed by atoms with Crippen molar-refractivity contribution in [1.82, 2.24) is 15.1 Å². The summed E-state index contributed by atoms with van der Waals surface area (Å²) in [7, 11) is 0. The van der Waals surface area contributed by atoms with E-state index in [0.717, 1.165) is 5.56 Å². The van der Waals surface area contributed by atoms with Crippen LogP contribution in [0.15, 0.2) is 34.9 Å². The third-order valence-corrected chi connectivity index (χ3v) is 3.37. The summed E-state index contributed by atoms with van der Waals surface area (Å²) in [5, 5.41) is 3.95. The second kappa shape index (κ2) is 6.53. The summed E-state index contributed by atoms with van der Waals surface area (Å²) in [6, 6.07) is 7.69. The maximum Gasteiger partial charge on any atom is 0.222 e. The maximum atomic E-state index is 13.0. The van der Waals surface area contributed by atoms with Gasteiger partial charge in [0.1, 0.15) is 18.1 Å². The zero-order valence-corrected chi connectivity index (χ0v) is 13.0. The van der Waals surface area contributed by atoms with Gasteiger partial charge in [-0.15, -0.1) is 0 Å². The van der Waals surface area contributed by atoms with Crippen LogP contribution in [-0.4, -0.2) is 15.1 Å². The molecule has 7 nitrogen and oxygen atoms in total. The number of hydrogen-bond donors (Lipinski definition) is 2. The quantitative estimate of drug-likeness (QED) is 0.739. The molecule has 8 heteroatoms. The number of anilines is 2. The van der Waals surface area contributed by atoms with Crippen LogP contribution in [0.2, 0.25) is 0 Å². The van der Waals surface area contributed by atoms with Crippen molar-refractivity contribution in [2.45, 2.75) is 20.0 Å². The van der Waals surface area contributed by atoms with Gasteiger partial charge in [-0.25, -0.2) is 9.37 Å². The van der Waals surface area contributed by atoms with Gasteiger partial charge in [0.15, 0.2) is 17.3 Å². The molecule has 3 aromatic rings. The van der Waals surface area contributed by atoms with Gasteiger partial charge in [-0.1, -0.05) is 12.1 Å². The Hall–Kier alpha value is -3.16. The molecule has 0 saturated heterocycles. The number of nitrogens with two attached hydrogens (primary N) is 2. The lowest BCUT2D eigenvalue weighted by atomic mass is 10.1. The summed E-state index contributed by atoms with van der Waals surface area (Å²) in [6.45, 7) is 2.02. The van der Waals surface area contributed by atoms with E-state index in [2.05, 4.69) is 15.1 Å². The number of nitrogens with zero attached hydrogens (tertiary/aromatic N) is 3. The molecule has 124 valence electrons. The first-order chi connectivity index (χ1) is 11.6. The predicted octanol–water partition coefficient (Wildman–Crippen LogP) is 2.58. The minimum atomic E-state index is -0.309. The minimum Gasteiger partial charge on any atom is -0.480 e. The van der Waals surface area contributed by atoms with Gasteiger partial charge in [0.2, 0.25) is 5.95 Å². The molecule has 1 aromatic carbocycles. The number of halogens is 1. The van der Waals surface area contributed by atoms with Crippen molar-refractivity contribution in [1.29, 1.82) is 0 Å². The Labute approximate surface area is 137 Å². The highest BCUT2D eigenvalue weighted by Gasteiger charge is 2.14. The number of ether oxygens (including phenoxy) is 1. The van der Waals surface area contributed by atoms with Crippen LogP contribution in [0.1, 0.15) is 18.4 Å². The number of benzene rings is 1. The van der Waals surface area contributed by atoms with E-state index in [-0.39, 0.29) is 24.2 Å². The predicted molar refractivity (Wildman–Crippen MR) is 86.5 cm³/mol. The lowest BCUT2D eigenvalue weighted by Gasteiger charge is -2.10. The van der Waals surface area contributed by atoms with Crippen molar-refractivity contribution >= 4 is 11.8 Å². The van der Waals surface area contributed by atoms with Crippen LogP contribution >= 0.6 is 0 Å². The Balaban J connectivity index is 1.75. The van der Waals surface area contributed by atoms with Gasteiger partial charge in [0.25, 0.3) is 0 Å². The second-order valence-electron chi connectivity index (χ2n) is 5.07. The summed E-state index contributed by atoms with van der Waals surface area (Å²) >= 11 is 0. The van der Waals surface area contributed by atoms with Gasteiger partial charge in [0, 0.05) is 11.6 Å². The highest BCUT2D eigenvalue weighted by atomic mass is 19.1. The van der Waals surface area contributed by atoms with Gasteiger partial charge in [-0.2, -0.15) is 4.98 Å². The smallest absolute Gasteiger partial charge is 0.222 e. The summed E-state index contributed by atoms with van der Waals surface area (Å²) in [5.74, 6) is 0.850. The first-order valence-electron chi connectivity index (χ1n) is 7.33. The highest BCUT2D eigenvalue weighted by Crippen LogP contribution is 2.26. The number of hydrogen-bond acceptors (Lipinski definition) is 7. The number of aromatic nitrogens is 3. The Morgan fingerprint density at radius 1 is 1.17 bits per heavy atom. The Morgan fingerprint density at radius 2 is 1.92 bits per heavy atom. The van der Waals surface area contributed by atoms with E-state index in [4.69, 9.17) is 20.7 Å². The fourth-order valence-electron chi connectivity index (χ4n) is 2.21. The van der Waals surface area contributed by atoms with Crippen molar-refractivity contribution < 1.29 is 13.7 Å². The van der Waals surface area contributed by atoms with Crippen LogP contribution < -0.4 is 16.2 Å². The lowest BCUT2D eigenvalue weighted by Crippen LogP contribution is -2.08. The molecule has 0 saturated carbocycles. The van der Waals surface area contributed by atoms with Crippen molar-refractivity contribution in [3.05, 3.63) is 47.6 Å². The third-order valence-electron chi connectivity index (χ3n) is 3.37. The van der Waals surface area contributed by atoms with Crippen LogP contribution in [0.5, 0.6) is 5.75 Å². The third kappa shape index (κ3) is 3.27. The molecule has 0 unspecified atom stereocenters. The zero-order valence-electron chi connectivity index (χ0n) is 13.0. The molecule has 3 rings (SSSR count). The van der Waals surface area contributed by atoms with Gasteiger partial charge in [-0.3, -0.25) is 0 Å². The largest absolute Gasteiger partial charge is 0.480 e. The van der Waals surface area contributed by atoms with Crippen LogP contribution in [0.3, 0.4) is 0 Å². The van der Waals surface area contributed by atoms with Crippen LogP contribution in [0.4, 0.5) is 16.2 Å². The van der Waals surface area contributed by atoms with Gasteiger partial charge in [-0.05, 0) is 30.7 Å². The topological polar surface area (TPSA) is 113 Å². The Kier molecular flexibility index (Phi) is 4.28. The van der Waals surface area contributed by atoms with Gasteiger partial charge < -0.3 is 20.7 Å². The molecule has 0 aliphatic heterocycles. The van der Waals surface area contributed by atoms with Crippen molar-refractivity contribution in [2.75, 3.05) is 11.5 Å². The molecule has 0 spiro atoms. The fourth-order valence-corrected chi connectivity index (χ4v) is 2.21. The molecule has 0 fully saturated rings. The molecule has 2 heterocycles.